The molecule has 0 saturated carbocycles. The van der Waals surface area contributed by atoms with Gasteiger partial charge in [-0.25, -0.2) is 8.42 Å². The maximum atomic E-state index is 12.8. The number of benzene rings is 1. The zero-order valence-corrected chi connectivity index (χ0v) is 19.5. The first-order valence-corrected chi connectivity index (χ1v) is 12.5. The van der Waals surface area contributed by atoms with Crippen LogP contribution in [-0.2, 0) is 21.2 Å². The molecule has 1 amide bonds. The van der Waals surface area contributed by atoms with Gasteiger partial charge in [0.1, 0.15) is 9.96 Å². The first-order valence-electron chi connectivity index (χ1n) is 9.87. The zero-order valence-electron chi connectivity index (χ0n) is 17.2. The first kappa shape index (κ1) is 22.7. The lowest BCUT2D eigenvalue weighted by Crippen LogP contribution is -2.43. The highest BCUT2D eigenvalue weighted by Crippen LogP contribution is 2.31. The second-order valence-corrected chi connectivity index (χ2v) is 11.2. The fourth-order valence-electron chi connectivity index (χ4n) is 3.44. The summed E-state index contributed by atoms with van der Waals surface area (Å²) in [6.07, 6.45) is 1.55. The molecule has 1 aliphatic rings. The number of carbonyl (C=O) groups is 1. The lowest BCUT2D eigenvalue weighted by atomic mass is 9.99. The van der Waals surface area contributed by atoms with Gasteiger partial charge in [0.2, 0.25) is 11.8 Å². The summed E-state index contributed by atoms with van der Waals surface area (Å²) in [4.78, 5) is 12.7. The summed E-state index contributed by atoms with van der Waals surface area (Å²) in [5.41, 5.74) is 0.953. The number of amides is 1. The maximum Gasteiger partial charge on any atom is 0.322 e. The molecule has 12 heteroatoms. The van der Waals surface area contributed by atoms with Gasteiger partial charge in [0.25, 0.3) is 10.0 Å². The average molecular weight is 497 g/mol. The van der Waals surface area contributed by atoms with Gasteiger partial charge in [-0.05, 0) is 42.7 Å². The van der Waals surface area contributed by atoms with Crippen molar-refractivity contribution in [3.63, 3.8) is 0 Å². The third kappa shape index (κ3) is 5.12. The third-order valence-electron chi connectivity index (χ3n) is 5.11. The Morgan fingerprint density at radius 1 is 1.28 bits per heavy atom. The van der Waals surface area contributed by atoms with Crippen molar-refractivity contribution in [2.75, 3.05) is 25.5 Å². The van der Waals surface area contributed by atoms with E-state index in [1.807, 2.05) is 24.3 Å². The fourth-order valence-corrected chi connectivity index (χ4v) is 6.60. The molecule has 0 aliphatic carbocycles. The Labute approximate surface area is 194 Å². The second kappa shape index (κ2) is 9.57. The topological polar surface area (TPSA) is 115 Å². The highest BCUT2D eigenvalue weighted by Gasteiger charge is 2.34. The third-order valence-corrected chi connectivity index (χ3v) is 8.67. The Morgan fingerprint density at radius 2 is 2.06 bits per heavy atom. The number of carbonyl (C=O) groups excluding carboxylic acids is 1. The minimum atomic E-state index is -3.69. The number of hydrogen-bond acceptors (Lipinski definition) is 8. The molecule has 1 unspecified atom stereocenters. The maximum absolute atomic E-state index is 12.8. The number of nitrogens with zero attached hydrogens (tertiary/aromatic N) is 3. The smallest absolute Gasteiger partial charge is 0.322 e. The van der Waals surface area contributed by atoms with Gasteiger partial charge in [-0.3, -0.25) is 10.1 Å². The molecule has 1 saturated heterocycles. The predicted molar refractivity (Wildman–Crippen MR) is 120 cm³/mol. The molecule has 1 aromatic carbocycles. The van der Waals surface area contributed by atoms with E-state index in [1.165, 1.54) is 10.4 Å². The van der Waals surface area contributed by atoms with Gasteiger partial charge >= 0.3 is 6.01 Å². The lowest BCUT2D eigenvalue weighted by Gasteiger charge is -2.30. The van der Waals surface area contributed by atoms with Crippen LogP contribution in [0.15, 0.2) is 45.0 Å². The normalized spacial score (nSPS) is 17.2. The molecule has 1 aliphatic heterocycles. The molecule has 170 valence electrons. The Bertz CT molecular complexity index is 1190. The van der Waals surface area contributed by atoms with E-state index in [2.05, 4.69) is 15.5 Å². The monoisotopic (exact) mass is 496 g/mol. The number of anilines is 1. The number of rotatable bonds is 7. The van der Waals surface area contributed by atoms with Gasteiger partial charge in [-0.15, -0.1) is 16.4 Å². The summed E-state index contributed by atoms with van der Waals surface area (Å²) in [5.74, 6) is 0.227. The fraction of sp³-hybridized carbons (Fsp3) is 0.350. The molecule has 32 heavy (non-hydrogen) atoms. The molecule has 3 heterocycles. The number of halogens is 1. The summed E-state index contributed by atoms with van der Waals surface area (Å²) in [6.45, 7) is 0.435. The van der Waals surface area contributed by atoms with Gasteiger partial charge < -0.3 is 9.15 Å². The van der Waals surface area contributed by atoms with Crippen LogP contribution in [0.5, 0.6) is 5.75 Å². The van der Waals surface area contributed by atoms with Crippen LogP contribution < -0.4 is 10.1 Å². The second-order valence-electron chi connectivity index (χ2n) is 7.28. The number of nitrogens with one attached hydrogen (secondary N) is 1. The van der Waals surface area contributed by atoms with E-state index in [0.29, 0.717) is 36.0 Å². The molecule has 0 spiro atoms. The number of thiophene rings is 1. The van der Waals surface area contributed by atoms with Crippen LogP contribution in [-0.4, -0.2) is 49.0 Å². The minimum absolute atomic E-state index is 0.0106. The lowest BCUT2D eigenvalue weighted by molar-refractivity contribution is -0.121. The molecular formula is C20H21ClN4O5S2. The van der Waals surface area contributed by atoms with E-state index in [0.717, 1.165) is 22.6 Å². The number of aromatic nitrogens is 2. The van der Waals surface area contributed by atoms with E-state index < -0.39 is 15.9 Å². The Morgan fingerprint density at radius 3 is 2.75 bits per heavy atom. The molecule has 3 aromatic rings. The van der Waals surface area contributed by atoms with Crippen molar-refractivity contribution in [2.24, 2.45) is 5.92 Å². The van der Waals surface area contributed by atoms with Crippen LogP contribution in [0.1, 0.15) is 24.3 Å². The van der Waals surface area contributed by atoms with E-state index >= 15 is 0 Å². The van der Waals surface area contributed by atoms with Crippen LogP contribution in [0.4, 0.5) is 6.01 Å². The molecule has 9 nitrogen and oxygen atoms in total. The molecule has 0 bridgehead atoms. The molecular weight excluding hydrogens is 476 g/mol. The number of methoxy groups -OCH3 is 1. The molecule has 2 aromatic heterocycles. The van der Waals surface area contributed by atoms with Gasteiger partial charge in [0, 0.05) is 13.1 Å². The predicted octanol–water partition coefficient (Wildman–Crippen LogP) is 3.42. The van der Waals surface area contributed by atoms with Crippen molar-refractivity contribution >= 4 is 44.9 Å². The standard InChI is InChI=1S/C20H21ClN4O5S2/c1-29-15-6-4-13(5-7-15)11-17-23-24-20(30-17)22-19(26)14-3-2-10-25(12-14)32(27,28)18-9-8-16(21)31-18/h4-9,14H,2-3,10-12H2,1H3,(H,22,24,26). The zero-order chi connectivity index (χ0) is 22.7. The summed E-state index contributed by atoms with van der Waals surface area (Å²) >= 11 is 6.88. The number of sulfonamides is 1. The van der Waals surface area contributed by atoms with Crippen molar-refractivity contribution in [1.82, 2.24) is 14.5 Å². The summed E-state index contributed by atoms with van der Waals surface area (Å²) in [7, 11) is -2.09. The number of hydrogen-bond donors (Lipinski definition) is 1. The van der Waals surface area contributed by atoms with E-state index in [-0.39, 0.29) is 22.7 Å². The first-order chi connectivity index (χ1) is 15.3. The van der Waals surface area contributed by atoms with E-state index in [1.54, 1.807) is 13.2 Å². The van der Waals surface area contributed by atoms with Crippen LogP contribution in [0.3, 0.4) is 0 Å². The number of piperidine rings is 1. The van der Waals surface area contributed by atoms with Crippen molar-refractivity contribution in [2.45, 2.75) is 23.5 Å². The highest BCUT2D eigenvalue weighted by molar-refractivity contribution is 7.91. The average Bonchev–Trinajstić information content (AvgIpc) is 3.43. The SMILES string of the molecule is COc1ccc(Cc2nnc(NC(=O)C3CCCN(S(=O)(=O)c4ccc(Cl)s4)C3)o2)cc1. The molecule has 1 N–H and O–H groups in total. The Hall–Kier alpha value is -2.47. The van der Waals surface area contributed by atoms with E-state index in [9.17, 15) is 13.2 Å². The van der Waals surface area contributed by atoms with Crippen molar-refractivity contribution < 1.29 is 22.4 Å². The van der Waals surface area contributed by atoms with Gasteiger partial charge in [-0.2, -0.15) is 4.31 Å². The van der Waals surface area contributed by atoms with Gasteiger partial charge in [0.15, 0.2) is 0 Å². The largest absolute Gasteiger partial charge is 0.497 e. The quantitative estimate of drug-likeness (QED) is 0.532. The number of ether oxygens (including phenoxy) is 1. The van der Waals surface area contributed by atoms with Crippen molar-refractivity contribution in [3.05, 3.63) is 52.2 Å². The van der Waals surface area contributed by atoms with Crippen molar-refractivity contribution in [1.29, 1.82) is 0 Å². The molecule has 1 fully saturated rings. The van der Waals surface area contributed by atoms with Crippen LogP contribution >= 0.6 is 22.9 Å². The van der Waals surface area contributed by atoms with E-state index in [4.69, 9.17) is 20.8 Å². The highest BCUT2D eigenvalue weighted by atomic mass is 35.5. The Balaban J connectivity index is 1.37. The minimum Gasteiger partial charge on any atom is -0.497 e. The Kier molecular flexibility index (Phi) is 6.79. The summed E-state index contributed by atoms with van der Waals surface area (Å²) in [5, 5.41) is 10.5. The van der Waals surface area contributed by atoms with Crippen LogP contribution in [0.2, 0.25) is 4.34 Å². The molecule has 4 rings (SSSR count). The summed E-state index contributed by atoms with van der Waals surface area (Å²) < 4.78 is 38.3. The van der Waals surface area contributed by atoms with Crippen LogP contribution in [0, 0.1) is 5.92 Å². The summed E-state index contributed by atoms with van der Waals surface area (Å²) in [6, 6.07) is 10.5. The van der Waals surface area contributed by atoms with Crippen LogP contribution in [0.25, 0.3) is 0 Å². The van der Waals surface area contributed by atoms with Crippen molar-refractivity contribution in [3.8, 4) is 5.75 Å². The molecule has 1 atom stereocenters. The molecule has 0 radical (unpaired) electrons. The van der Waals surface area contributed by atoms with Gasteiger partial charge in [-0.1, -0.05) is 28.8 Å². The van der Waals surface area contributed by atoms with Gasteiger partial charge in [0.05, 0.1) is 23.8 Å².